The molecule has 3 aliphatic carbocycles. The molecule has 4 heterocycles. The molecule has 2 aliphatic heterocycles. The van der Waals surface area contributed by atoms with E-state index in [4.69, 9.17) is 30.5 Å². The first-order valence-electron chi connectivity index (χ1n) is 20.2. The zero-order chi connectivity index (χ0) is 41.1. The highest BCUT2D eigenvalue weighted by molar-refractivity contribution is 7.92. The number of hydrogen-bond acceptors (Lipinski definition) is 10. The molecular formula is C44H49ClN6O7S. The predicted octanol–water partition coefficient (Wildman–Crippen LogP) is 6.35. The summed E-state index contributed by atoms with van der Waals surface area (Å²) in [4.78, 5) is 35.0. The quantitative estimate of drug-likeness (QED) is 0.209. The van der Waals surface area contributed by atoms with Crippen molar-refractivity contribution in [1.82, 2.24) is 19.5 Å². The molecule has 15 heteroatoms. The van der Waals surface area contributed by atoms with Crippen molar-refractivity contribution in [3.05, 3.63) is 112 Å². The monoisotopic (exact) mass is 840 g/mol. The van der Waals surface area contributed by atoms with Gasteiger partial charge in [-0.1, -0.05) is 42.8 Å². The Morgan fingerprint density at radius 2 is 2.02 bits per heavy atom. The second-order valence-corrected chi connectivity index (χ2v) is 19.2. The summed E-state index contributed by atoms with van der Waals surface area (Å²) in [5.74, 6) is -0.498. The van der Waals surface area contributed by atoms with Crippen LogP contribution in [0.1, 0.15) is 63.7 Å². The minimum atomic E-state index is -3.80. The number of pyridine rings is 1. The Morgan fingerprint density at radius 3 is 2.81 bits per heavy atom. The number of nitrogens with zero attached hydrogens (tertiary/aromatic N) is 5. The van der Waals surface area contributed by atoms with Gasteiger partial charge in [0.1, 0.15) is 21.2 Å². The topological polar surface area (TPSA) is 146 Å². The van der Waals surface area contributed by atoms with E-state index >= 15 is 4.21 Å². The summed E-state index contributed by atoms with van der Waals surface area (Å²) in [6, 6.07) is 17.1. The molecule has 0 saturated heterocycles. The lowest BCUT2D eigenvalue weighted by Gasteiger charge is -2.42. The van der Waals surface area contributed by atoms with E-state index in [0.29, 0.717) is 30.7 Å². The first kappa shape index (κ1) is 39.7. The Morgan fingerprint density at radius 1 is 1.15 bits per heavy atom. The Bertz CT molecular complexity index is 2450. The van der Waals surface area contributed by atoms with Gasteiger partial charge in [-0.3, -0.25) is 24.0 Å². The van der Waals surface area contributed by atoms with Crippen LogP contribution >= 0.6 is 11.6 Å². The van der Waals surface area contributed by atoms with Gasteiger partial charge in [0.25, 0.3) is 11.8 Å². The third-order valence-electron chi connectivity index (χ3n) is 13.0. The number of aromatic nitrogens is 3. The molecule has 9 rings (SSSR count). The fourth-order valence-electron chi connectivity index (χ4n) is 10.1. The minimum Gasteiger partial charge on any atom is -0.490 e. The number of fused-ring (bicyclic) bond motifs is 4. The molecule has 1 N–H and O–H groups in total. The minimum absolute atomic E-state index is 0.0506. The van der Waals surface area contributed by atoms with Crippen LogP contribution in [0.3, 0.4) is 0 Å². The van der Waals surface area contributed by atoms with Crippen LogP contribution in [0.2, 0.25) is 5.02 Å². The van der Waals surface area contributed by atoms with E-state index in [2.05, 4.69) is 42.3 Å². The molecule has 310 valence electrons. The van der Waals surface area contributed by atoms with Crippen molar-refractivity contribution in [2.45, 2.75) is 56.3 Å². The van der Waals surface area contributed by atoms with Crippen LogP contribution in [0.25, 0.3) is 0 Å². The Labute approximate surface area is 349 Å². The molecule has 8 atom stereocenters. The summed E-state index contributed by atoms with van der Waals surface area (Å²) < 4.78 is 48.5. The fourth-order valence-corrected chi connectivity index (χ4v) is 12.2. The maximum absolute atomic E-state index is 15.1. The summed E-state index contributed by atoms with van der Waals surface area (Å²) in [7, 11) is 1.01. The number of hydrogen-bond donors (Lipinski definition) is 1. The van der Waals surface area contributed by atoms with Crippen molar-refractivity contribution in [3.63, 3.8) is 0 Å². The van der Waals surface area contributed by atoms with Gasteiger partial charge in [0.15, 0.2) is 0 Å². The van der Waals surface area contributed by atoms with Crippen LogP contribution in [0.5, 0.6) is 11.6 Å². The molecule has 0 radical (unpaired) electrons. The summed E-state index contributed by atoms with van der Waals surface area (Å²) >= 11 is 6.50. The number of aryl methyl sites for hydroxylation is 2. The lowest BCUT2D eigenvalue weighted by molar-refractivity contribution is 0.0396. The Kier molecular flexibility index (Phi) is 10.3. The zero-order valence-electron chi connectivity index (χ0n) is 33.6. The van der Waals surface area contributed by atoms with Crippen LogP contribution in [-0.2, 0) is 44.9 Å². The van der Waals surface area contributed by atoms with Gasteiger partial charge >= 0.3 is 0 Å². The summed E-state index contributed by atoms with van der Waals surface area (Å²) in [5, 5.41) is 4.91. The molecule has 13 nitrogen and oxygen atoms in total. The van der Waals surface area contributed by atoms with Crippen molar-refractivity contribution in [2.75, 3.05) is 44.6 Å². The van der Waals surface area contributed by atoms with Gasteiger partial charge in [-0.25, -0.2) is 4.21 Å². The van der Waals surface area contributed by atoms with Gasteiger partial charge in [0, 0.05) is 67.5 Å². The van der Waals surface area contributed by atoms with Gasteiger partial charge in [0.05, 0.1) is 49.2 Å². The van der Waals surface area contributed by atoms with Crippen LogP contribution in [0.15, 0.2) is 83.5 Å². The first-order valence-corrected chi connectivity index (χ1v) is 22.2. The molecule has 2 bridgehead atoms. The SMILES string of the molecule is COc1nn(C)cc1C(=O)NS1(=O)=NC(=O)c2ccc3c(c2)N(C[C@@H]2CC4[C@H]2[C@]4(OC)C=C[C@H](OCc2ccccn2)[C@H](C)C1)C[C@@]1(CCCc2cc(Cl)ccc21)CO3. The molecule has 59 heavy (non-hydrogen) atoms. The highest BCUT2D eigenvalue weighted by atomic mass is 35.5. The molecule has 2 aromatic heterocycles. The standard InChI is InChI=1S/C44H49ClN6O7S/c1-27-24-59(54,49-41(53)33-22-50(2)47-42(33)55-3)48-40(52)29-10-13-38-36(20-29)51(25-43(26-58-38)15-7-8-28-18-31(45)11-12-34(28)43)21-30-19-35-39(30)44(35,56-4)16-14-37(27)57-23-32-9-5-6-17-46-32/h5-6,9-14,16-18,20,22,27,30,35,37,39H,7-8,15,19,21,23-26H2,1-4H3,(H,48,49,52,53,54)/t27-,30+,35?,37+,39+,43+,44+,59?/m1/s1. The normalized spacial score (nSPS) is 30.8. The second kappa shape index (κ2) is 15.4. The van der Waals surface area contributed by atoms with E-state index in [9.17, 15) is 9.59 Å². The van der Waals surface area contributed by atoms with Gasteiger partial charge in [-0.15, -0.1) is 9.46 Å². The third kappa shape index (κ3) is 7.31. The number of carbonyl (C=O) groups excluding carboxylic acids is 2. The van der Waals surface area contributed by atoms with Gasteiger partial charge < -0.3 is 23.8 Å². The number of anilines is 1. The number of methoxy groups -OCH3 is 2. The molecule has 2 amide bonds. The van der Waals surface area contributed by atoms with Crippen molar-refractivity contribution in [1.29, 1.82) is 0 Å². The number of ether oxygens (including phenoxy) is 4. The molecule has 1 spiro atoms. The van der Waals surface area contributed by atoms with Crippen molar-refractivity contribution in [2.24, 2.45) is 35.1 Å². The largest absolute Gasteiger partial charge is 0.490 e. The molecular weight excluding hydrogens is 792 g/mol. The van der Waals surface area contributed by atoms with Crippen LogP contribution in [-0.4, -0.2) is 82.2 Å². The predicted molar refractivity (Wildman–Crippen MR) is 223 cm³/mol. The molecule has 5 aliphatic rings. The van der Waals surface area contributed by atoms with E-state index in [1.54, 1.807) is 32.5 Å². The molecule has 2 fully saturated rings. The molecule has 2 unspecified atom stereocenters. The average molecular weight is 841 g/mol. The van der Waals surface area contributed by atoms with Crippen molar-refractivity contribution in [3.8, 4) is 11.6 Å². The summed E-state index contributed by atoms with van der Waals surface area (Å²) in [6.07, 6.45) is 10.6. The molecule has 2 saturated carbocycles. The average Bonchev–Trinajstić information content (AvgIpc) is 3.58. The number of halogens is 1. The lowest BCUT2D eigenvalue weighted by atomic mass is 9.70. The van der Waals surface area contributed by atoms with Gasteiger partial charge in [-0.2, -0.15) is 0 Å². The Balaban J connectivity index is 1.14. The van der Waals surface area contributed by atoms with Crippen molar-refractivity contribution < 1.29 is 32.7 Å². The summed E-state index contributed by atoms with van der Waals surface area (Å²) in [6.45, 7) is 3.94. The van der Waals surface area contributed by atoms with E-state index in [0.717, 1.165) is 48.6 Å². The third-order valence-corrected chi connectivity index (χ3v) is 15.2. The van der Waals surface area contributed by atoms with Gasteiger partial charge in [0.2, 0.25) is 5.88 Å². The van der Waals surface area contributed by atoms with E-state index in [1.165, 1.54) is 29.1 Å². The number of amides is 2. The maximum Gasteiger partial charge on any atom is 0.286 e. The van der Waals surface area contributed by atoms with Crippen molar-refractivity contribution >= 4 is 39.0 Å². The highest BCUT2D eigenvalue weighted by Crippen LogP contribution is 2.70. The number of rotatable bonds is 7. The lowest BCUT2D eigenvalue weighted by Crippen LogP contribution is -2.47. The number of benzene rings is 2. The highest BCUT2D eigenvalue weighted by Gasteiger charge is 2.73. The van der Waals surface area contributed by atoms with Crippen LogP contribution in [0.4, 0.5) is 5.69 Å². The zero-order valence-corrected chi connectivity index (χ0v) is 35.2. The second-order valence-electron chi connectivity index (χ2n) is 16.8. The number of carbonyl (C=O) groups is 2. The number of nitrogens with one attached hydrogen (secondary N) is 1. The molecule has 4 aromatic rings. The fraction of sp³-hybridized carbons (Fsp3) is 0.455. The van der Waals surface area contributed by atoms with Crippen LogP contribution < -0.4 is 19.1 Å². The summed E-state index contributed by atoms with van der Waals surface area (Å²) in [5.41, 5.74) is 3.50. The van der Waals surface area contributed by atoms with E-state index in [-0.39, 0.29) is 40.7 Å². The first-order chi connectivity index (χ1) is 28.4. The Hall–Kier alpha value is -4.76. The van der Waals surface area contributed by atoms with Crippen LogP contribution in [0, 0.1) is 23.7 Å². The van der Waals surface area contributed by atoms with E-state index in [1.807, 2.05) is 43.3 Å². The van der Waals surface area contributed by atoms with E-state index < -0.39 is 39.4 Å². The molecule has 2 aromatic carbocycles. The van der Waals surface area contributed by atoms with Gasteiger partial charge in [-0.05, 0) is 91.1 Å². The maximum atomic E-state index is 15.1. The smallest absolute Gasteiger partial charge is 0.286 e.